The third-order valence-electron chi connectivity index (χ3n) is 3.35. The maximum absolute atomic E-state index is 11.9. The molecule has 1 aliphatic rings. The molecule has 19 heavy (non-hydrogen) atoms. The minimum atomic E-state index is -0.941. The first kappa shape index (κ1) is 13.4. The zero-order chi connectivity index (χ0) is 14.0. The fourth-order valence-electron chi connectivity index (χ4n) is 2.32. The highest BCUT2D eigenvalue weighted by atomic mass is 16.6. The monoisotopic (exact) mass is 263 g/mol. The number of ether oxygens (including phenoxy) is 1. The Bertz CT molecular complexity index is 512. The second kappa shape index (κ2) is 5.30. The molecule has 5 heteroatoms. The molecule has 1 amide bonds. The van der Waals surface area contributed by atoms with E-state index in [2.05, 4.69) is 0 Å². The van der Waals surface area contributed by atoms with Crippen molar-refractivity contribution in [3.63, 3.8) is 0 Å². The van der Waals surface area contributed by atoms with Crippen LogP contribution in [-0.2, 0) is 16.0 Å². The summed E-state index contributed by atoms with van der Waals surface area (Å²) in [5.41, 5.74) is 2.74. The number of nitrogens with zero attached hydrogens (tertiary/aromatic N) is 1. The van der Waals surface area contributed by atoms with E-state index in [1.54, 1.807) is 0 Å². The third-order valence-corrected chi connectivity index (χ3v) is 3.35. The number of rotatable bonds is 3. The van der Waals surface area contributed by atoms with Gasteiger partial charge in [0, 0.05) is 6.54 Å². The van der Waals surface area contributed by atoms with Crippen LogP contribution in [-0.4, -0.2) is 30.3 Å². The van der Waals surface area contributed by atoms with Gasteiger partial charge in [0.15, 0.2) is 0 Å². The predicted octanol–water partition coefficient (Wildman–Crippen LogP) is 2.21. The summed E-state index contributed by atoms with van der Waals surface area (Å²) in [6.07, 6.45) is 0.305. The topological polar surface area (TPSA) is 66.8 Å². The molecule has 1 aliphatic heterocycles. The summed E-state index contributed by atoms with van der Waals surface area (Å²) >= 11 is 0. The molecule has 1 fully saturated rings. The number of aryl methyl sites for hydroxylation is 2. The van der Waals surface area contributed by atoms with E-state index in [-0.39, 0.29) is 13.2 Å². The van der Waals surface area contributed by atoms with Gasteiger partial charge in [0.2, 0.25) is 0 Å². The number of cyclic esters (lactones) is 1. The number of carboxylic acids is 1. The van der Waals surface area contributed by atoms with Gasteiger partial charge < -0.3 is 9.84 Å². The molecule has 0 spiro atoms. The van der Waals surface area contributed by atoms with E-state index in [1.807, 2.05) is 32.0 Å². The van der Waals surface area contributed by atoms with Crippen LogP contribution in [0.1, 0.15) is 18.1 Å². The first-order valence-corrected chi connectivity index (χ1v) is 6.30. The van der Waals surface area contributed by atoms with Gasteiger partial charge in [0.05, 0.1) is 5.69 Å². The van der Waals surface area contributed by atoms with Gasteiger partial charge in [0.1, 0.15) is 12.5 Å². The molecule has 2 rings (SSSR count). The Labute approximate surface area is 111 Å². The molecular weight excluding hydrogens is 246 g/mol. The molecule has 1 aromatic rings. The van der Waals surface area contributed by atoms with Crippen molar-refractivity contribution in [2.24, 2.45) is 5.92 Å². The average Bonchev–Trinajstić information content (AvgIpc) is 2.39. The van der Waals surface area contributed by atoms with Crippen LogP contribution >= 0.6 is 0 Å². The smallest absolute Gasteiger partial charge is 0.414 e. The minimum Gasteiger partial charge on any atom is -0.481 e. The summed E-state index contributed by atoms with van der Waals surface area (Å²) in [6, 6.07) is 5.79. The number of aliphatic carboxylic acids is 1. The molecular formula is C14H17NO4. The van der Waals surface area contributed by atoms with E-state index in [9.17, 15) is 9.59 Å². The van der Waals surface area contributed by atoms with Gasteiger partial charge in [-0.05, 0) is 24.5 Å². The summed E-state index contributed by atoms with van der Waals surface area (Å²) in [5.74, 6) is -1.62. The van der Waals surface area contributed by atoms with Gasteiger partial charge in [-0.3, -0.25) is 9.69 Å². The van der Waals surface area contributed by atoms with Crippen LogP contribution in [0.25, 0.3) is 0 Å². The fraction of sp³-hybridized carbons (Fsp3) is 0.429. The van der Waals surface area contributed by atoms with Crippen molar-refractivity contribution in [3.05, 3.63) is 29.3 Å². The Morgan fingerprint density at radius 3 is 2.89 bits per heavy atom. The van der Waals surface area contributed by atoms with Crippen molar-refractivity contribution in [2.45, 2.75) is 20.3 Å². The molecule has 1 saturated heterocycles. The van der Waals surface area contributed by atoms with Crippen LogP contribution < -0.4 is 4.90 Å². The van der Waals surface area contributed by atoms with Crippen molar-refractivity contribution in [3.8, 4) is 0 Å². The van der Waals surface area contributed by atoms with Crippen LogP contribution in [0.4, 0.5) is 10.5 Å². The largest absolute Gasteiger partial charge is 0.481 e. The summed E-state index contributed by atoms with van der Waals surface area (Å²) in [7, 11) is 0. The van der Waals surface area contributed by atoms with E-state index in [4.69, 9.17) is 9.84 Å². The zero-order valence-corrected chi connectivity index (χ0v) is 11.0. The van der Waals surface area contributed by atoms with E-state index >= 15 is 0 Å². The lowest BCUT2D eigenvalue weighted by molar-refractivity contribution is -0.143. The van der Waals surface area contributed by atoms with Gasteiger partial charge in [0.25, 0.3) is 0 Å². The number of carbonyl (C=O) groups excluding carboxylic acids is 1. The molecule has 0 aliphatic carbocycles. The molecule has 0 radical (unpaired) electrons. The zero-order valence-electron chi connectivity index (χ0n) is 11.0. The molecule has 0 bridgehead atoms. The number of carboxylic acid groups (broad SMARTS) is 1. The summed E-state index contributed by atoms with van der Waals surface area (Å²) in [5, 5.41) is 9.07. The summed E-state index contributed by atoms with van der Waals surface area (Å²) in [4.78, 5) is 24.4. The second-order valence-corrected chi connectivity index (χ2v) is 4.66. The Hall–Kier alpha value is -2.04. The van der Waals surface area contributed by atoms with Crippen molar-refractivity contribution in [1.82, 2.24) is 0 Å². The summed E-state index contributed by atoms with van der Waals surface area (Å²) < 4.78 is 4.98. The second-order valence-electron chi connectivity index (χ2n) is 4.66. The lowest BCUT2D eigenvalue weighted by atomic mass is 10.0. The molecule has 1 heterocycles. The van der Waals surface area contributed by atoms with Crippen LogP contribution in [0.5, 0.6) is 0 Å². The lowest BCUT2D eigenvalue weighted by Gasteiger charge is -2.32. The molecule has 1 unspecified atom stereocenters. The Morgan fingerprint density at radius 2 is 2.26 bits per heavy atom. The SMILES string of the molecule is CCc1cccc(C)c1N1CC(C(=O)O)COC1=O. The van der Waals surface area contributed by atoms with Crippen LogP contribution in [0.15, 0.2) is 18.2 Å². The van der Waals surface area contributed by atoms with Gasteiger partial charge >= 0.3 is 12.1 Å². The number of benzene rings is 1. The molecule has 102 valence electrons. The molecule has 1 aromatic carbocycles. The van der Waals surface area contributed by atoms with Crippen molar-refractivity contribution in [1.29, 1.82) is 0 Å². The molecule has 1 atom stereocenters. The van der Waals surface area contributed by atoms with Gasteiger partial charge in [-0.15, -0.1) is 0 Å². The van der Waals surface area contributed by atoms with Gasteiger partial charge in [-0.2, -0.15) is 0 Å². The molecule has 5 nitrogen and oxygen atoms in total. The van der Waals surface area contributed by atoms with E-state index < -0.39 is 18.0 Å². The number of para-hydroxylation sites is 1. The third kappa shape index (κ3) is 2.54. The Kier molecular flexibility index (Phi) is 3.74. The first-order valence-electron chi connectivity index (χ1n) is 6.30. The number of carbonyl (C=O) groups is 2. The molecule has 1 N–H and O–H groups in total. The minimum absolute atomic E-state index is 0.0575. The highest BCUT2D eigenvalue weighted by Crippen LogP contribution is 2.29. The van der Waals surface area contributed by atoms with Crippen LogP contribution in [0.2, 0.25) is 0 Å². The van der Waals surface area contributed by atoms with Gasteiger partial charge in [-0.1, -0.05) is 25.1 Å². The predicted molar refractivity (Wildman–Crippen MR) is 70.4 cm³/mol. The quantitative estimate of drug-likeness (QED) is 0.908. The van der Waals surface area contributed by atoms with E-state index in [1.165, 1.54) is 4.90 Å². The number of amides is 1. The van der Waals surface area contributed by atoms with Crippen molar-refractivity contribution < 1.29 is 19.4 Å². The molecule has 0 saturated carbocycles. The fourth-order valence-corrected chi connectivity index (χ4v) is 2.32. The van der Waals surface area contributed by atoms with Crippen LogP contribution in [0.3, 0.4) is 0 Å². The Morgan fingerprint density at radius 1 is 1.53 bits per heavy atom. The van der Waals surface area contributed by atoms with Crippen LogP contribution in [0, 0.1) is 12.8 Å². The maximum atomic E-state index is 11.9. The highest BCUT2D eigenvalue weighted by molar-refractivity contribution is 5.92. The number of hydrogen-bond donors (Lipinski definition) is 1. The maximum Gasteiger partial charge on any atom is 0.414 e. The van der Waals surface area contributed by atoms with E-state index in [0.29, 0.717) is 0 Å². The number of hydrogen-bond acceptors (Lipinski definition) is 3. The first-order chi connectivity index (χ1) is 9.04. The lowest BCUT2D eigenvalue weighted by Crippen LogP contribution is -2.46. The Balaban J connectivity index is 2.39. The van der Waals surface area contributed by atoms with Crippen molar-refractivity contribution >= 4 is 17.7 Å². The standard InChI is InChI=1S/C14H17NO4/c1-3-10-6-4-5-9(2)12(10)15-7-11(13(16)17)8-19-14(15)18/h4-6,11H,3,7-8H2,1-2H3,(H,16,17). The van der Waals surface area contributed by atoms with Gasteiger partial charge in [-0.25, -0.2) is 4.79 Å². The summed E-state index contributed by atoms with van der Waals surface area (Å²) in [6.45, 7) is 4.01. The average molecular weight is 263 g/mol. The number of anilines is 1. The van der Waals surface area contributed by atoms with E-state index in [0.717, 1.165) is 23.2 Å². The normalized spacial score (nSPS) is 19.2. The molecule has 0 aromatic heterocycles. The van der Waals surface area contributed by atoms with Crippen molar-refractivity contribution in [2.75, 3.05) is 18.1 Å². The highest BCUT2D eigenvalue weighted by Gasteiger charge is 2.33.